The van der Waals surface area contributed by atoms with Crippen LogP contribution >= 0.6 is 0 Å². The molecule has 0 saturated carbocycles. The van der Waals surface area contributed by atoms with Gasteiger partial charge in [-0.2, -0.15) is 5.26 Å². The van der Waals surface area contributed by atoms with Crippen LogP contribution in [-0.2, 0) is 0 Å². The Morgan fingerprint density at radius 1 is 1.53 bits per heavy atom. The molecule has 19 heavy (non-hydrogen) atoms. The van der Waals surface area contributed by atoms with Crippen LogP contribution in [0.3, 0.4) is 0 Å². The van der Waals surface area contributed by atoms with Gasteiger partial charge in [-0.3, -0.25) is 0 Å². The number of pyridine rings is 1. The molecule has 1 atom stereocenters. The van der Waals surface area contributed by atoms with Crippen LogP contribution in [0.2, 0.25) is 0 Å². The number of anilines is 1. The molecule has 2 rings (SSSR count). The summed E-state index contributed by atoms with van der Waals surface area (Å²) >= 11 is 0. The van der Waals surface area contributed by atoms with Crippen molar-refractivity contribution in [1.82, 2.24) is 10.3 Å². The highest BCUT2D eigenvalue weighted by Gasteiger charge is 2.18. The lowest BCUT2D eigenvalue weighted by Gasteiger charge is -2.27. The molecular weight excluding hydrogens is 236 g/mol. The fourth-order valence-electron chi connectivity index (χ4n) is 2.49. The highest BCUT2D eigenvalue weighted by Crippen LogP contribution is 2.17. The highest BCUT2D eigenvalue weighted by atomic mass is 15.2. The van der Waals surface area contributed by atoms with E-state index in [1.54, 1.807) is 6.07 Å². The third-order valence-corrected chi connectivity index (χ3v) is 3.61. The predicted octanol–water partition coefficient (Wildman–Crippen LogP) is 2.31. The van der Waals surface area contributed by atoms with Gasteiger partial charge in [-0.25, -0.2) is 4.98 Å². The topological polar surface area (TPSA) is 52.0 Å². The van der Waals surface area contributed by atoms with Crippen LogP contribution < -0.4 is 10.2 Å². The van der Waals surface area contributed by atoms with Crippen molar-refractivity contribution >= 4 is 5.69 Å². The molecule has 2 heterocycles. The molecule has 4 heteroatoms. The molecule has 1 aromatic rings. The molecule has 1 unspecified atom stereocenters. The number of nitrogens with one attached hydrogen (secondary N) is 1. The molecule has 0 amide bonds. The first-order valence-electron chi connectivity index (χ1n) is 7.18. The zero-order valence-electron chi connectivity index (χ0n) is 11.6. The van der Waals surface area contributed by atoms with E-state index in [1.807, 2.05) is 12.3 Å². The van der Waals surface area contributed by atoms with Gasteiger partial charge in [-0.05, 0) is 37.9 Å². The van der Waals surface area contributed by atoms with Gasteiger partial charge in [0.1, 0.15) is 11.8 Å². The fourth-order valence-corrected chi connectivity index (χ4v) is 2.49. The van der Waals surface area contributed by atoms with Crippen molar-refractivity contribution in [2.75, 3.05) is 24.5 Å². The van der Waals surface area contributed by atoms with Gasteiger partial charge in [0.25, 0.3) is 0 Å². The molecule has 1 fully saturated rings. The van der Waals surface area contributed by atoms with E-state index in [9.17, 15) is 0 Å². The number of hydrogen-bond acceptors (Lipinski definition) is 4. The van der Waals surface area contributed by atoms with Crippen LogP contribution in [0.15, 0.2) is 18.3 Å². The van der Waals surface area contributed by atoms with Crippen LogP contribution in [0, 0.1) is 11.3 Å². The minimum Gasteiger partial charge on any atom is -0.369 e. The zero-order valence-corrected chi connectivity index (χ0v) is 11.6. The van der Waals surface area contributed by atoms with Crippen molar-refractivity contribution in [2.24, 2.45) is 0 Å². The van der Waals surface area contributed by atoms with Crippen molar-refractivity contribution in [3.63, 3.8) is 0 Å². The van der Waals surface area contributed by atoms with Crippen LogP contribution in [0.1, 0.15) is 38.3 Å². The first-order chi connectivity index (χ1) is 9.33. The average molecular weight is 258 g/mol. The lowest BCUT2D eigenvalue weighted by molar-refractivity contribution is 0.572. The van der Waals surface area contributed by atoms with Gasteiger partial charge in [-0.1, -0.05) is 13.3 Å². The minimum absolute atomic E-state index is 0.484. The maximum Gasteiger partial charge on any atom is 0.140 e. The van der Waals surface area contributed by atoms with E-state index in [4.69, 9.17) is 5.26 Å². The number of unbranched alkanes of at least 4 members (excludes halogenated alkanes) is 1. The summed E-state index contributed by atoms with van der Waals surface area (Å²) in [7, 11) is 0. The Bertz CT molecular complexity index is 415. The third-order valence-electron chi connectivity index (χ3n) is 3.61. The van der Waals surface area contributed by atoms with Gasteiger partial charge < -0.3 is 10.2 Å². The van der Waals surface area contributed by atoms with E-state index in [1.165, 1.54) is 25.7 Å². The van der Waals surface area contributed by atoms with Crippen molar-refractivity contribution < 1.29 is 0 Å². The van der Waals surface area contributed by atoms with Crippen LogP contribution in [0.25, 0.3) is 0 Å². The largest absolute Gasteiger partial charge is 0.369 e. The monoisotopic (exact) mass is 258 g/mol. The Balaban J connectivity index is 2.04. The van der Waals surface area contributed by atoms with Crippen LogP contribution in [0.4, 0.5) is 5.69 Å². The van der Waals surface area contributed by atoms with Crippen LogP contribution in [-0.4, -0.2) is 30.7 Å². The fraction of sp³-hybridized carbons (Fsp3) is 0.600. The number of hydrogen-bond donors (Lipinski definition) is 1. The summed E-state index contributed by atoms with van der Waals surface area (Å²) in [4.78, 5) is 6.57. The third kappa shape index (κ3) is 3.93. The molecular formula is C15H22N4. The number of nitriles is 1. The normalized spacial score (nSPS) is 18.2. The summed E-state index contributed by atoms with van der Waals surface area (Å²) in [6.07, 6.45) is 6.73. The average Bonchev–Trinajstić information content (AvgIpc) is 2.96. The van der Waals surface area contributed by atoms with E-state index in [0.29, 0.717) is 11.7 Å². The molecule has 1 aliphatic rings. The number of rotatable bonds is 6. The first kappa shape index (κ1) is 13.8. The van der Waals surface area contributed by atoms with E-state index < -0.39 is 0 Å². The molecule has 1 aromatic heterocycles. The van der Waals surface area contributed by atoms with Crippen molar-refractivity contribution in [3.05, 3.63) is 24.0 Å². The lowest BCUT2D eigenvalue weighted by Crippen LogP contribution is -2.38. The van der Waals surface area contributed by atoms with Gasteiger partial charge in [0.2, 0.25) is 0 Å². The molecule has 0 aliphatic carbocycles. The first-order valence-corrected chi connectivity index (χ1v) is 7.18. The summed E-state index contributed by atoms with van der Waals surface area (Å²) < 4.78 is 0. The Hall–Kier alpha value is -1.60. The molecule has 0 bridgehead atoms. The van der Waals surface area contributed by atoms with Crippen LogP contribution in [0.5, 0.6) is 0 Å². The summed E-state index contributed by atoms with van der Waals surface area (Å²) in [6, 6.07) is 6.47. The number of nitrogens with zero attached hydrogens (tertiary/aromatic N) is 3. The summed E-state index contributed by atoms with van der Waals surface area (Å²) in [5.41, 5.74) is 1.61. The SMILES string of the molecule is CCCCN(CC1CCCN1)c1ccc(C#N)nc1. The standard InChI is InChI=1S/C15H22N4/c1-2-3-9-19(12-14-5-4-8-17-14)15-7-6-13(10-16)18-11-15/h6-7,11,14,17H,2-5,8-9,12H2,1H3. The summed E-state index contributed by atoms with van der Waals surface area (Å²) in [5.74, 6) is 0. The maximum absolute atomic E-state index is 8.80. The molecule has 0 spiro atoms. The second-order valence-electron chi connectivity index (χ2n) is 5.11. The summed E-state index contributed by atoms with van der Waals surface area (Å²) in [5, 5.41) is 12.3. The smallest absolute Gasteiger partial charge is 0.140 e. The van der Waals surface area contributed by atoms with Crippen molar-refractivity contribution in [1.29, 1.82) is 5.26 Å². The maximum atomic E-state index is 8.80. The molecule has 0 radical (unpaired) electrons. The molecule has 102 valence electrons. The quantitative estimate of drug-likeness (QED) is 0.850. The molecule has 1 saturated heterocycles. The van der Waals surface area contributed by atoms with Gasteiger partial charge >= 0.3 is 0 Å². The van der Waals surface area contributed by atoms with E-state index >= 15 is 0 Å². The Kier molecular flexibility index (Phi) is 5.17. The van der Waals surface area contributed by atoms with Crippen molar-refractivity contribution in [3.8, 4) is 6.07 Å². The molecule has 4 nitrogen and oxygen atoms in total. The highest BCUT2D eigenvalue weighted by molar-refractivity contribution is 5.46. The van der Waals surface area contributed by atoms with Crippen molar-refractivity contribution in [2.45, 2.75) is 38.6 Å². The van der Waals surface area contributed by atoms with E-state index in [-0.39, 0.29) is 0 Å². The predicted molar refractivity (Wildman–Crippen MR) is 77.1 cm³/mol. The lowest BCUT2D eigenvalue weighted by atomic mass is 10.2. The van der Waals surface area contributed by atoms with Gasteiger partial charge in [0.15, 0.2) is 0 Å². The minimum atomic E-state index is 0.484. The Labute approximate surface area is 115 Å². The van der Waals surface area contributed by atoms with E-state index in [0.717, 1.165) is 25.3 Å². The van der Waals surface area contributed by atoms with Gasteiger partial charge in [0.05, 0.1) is 11.9 Å². The Morgan fingerprint density at radius 3 is 3.00 bits per heavy atom. The molecule has 1 N–H and O–H groups in total. The number of aromatic nitrogens is 1. The van der Waals surface area contributed by atoms with E-state index in [2.05, 4.69) is 28.2 Å². The summed E-state index contributed by atoms with van der Waals surface area (Å²) in [6.45, 7) is 5.44. The molecule has 0 aromatic carbocycles. The molecule has 1 aliphatic heterocycles. The second-order valence-corrected chi connectivity index (χ2v) is 5.11. The van der Waals surface area contributed by atoms with Gasteiger partial charge in [-0.15, -0.1) is 0 Å². The zero-order chi connectivity index (χ0) is 13.5. The Morgan fingerprint density at radius 2 is 2.42 bits per heavy atom. The second kappa shape index (κ2) is 7.10. The van der Waals surface area contributed by atoms with Gasteiger partial charge in [0, 0.05) is 19.1 Å².